The highest BCUT2D eigenvalue weighted by Gasteiger charge is 2.29. The van der Waals surface area contributed by atoms with Gasteiger partial charge in [-0.1, -0.05) is 0 Å². The number of aryl methyl sites for hydroxylation is 1. The van der Waals surface area contributed by atoms with Crippen molar-refractivity contribution in [2.75, 3.05) is 23.9 Å². The monoisotopic (exact) mass is 524 g/mol. The van der Waals surface area contributed by atoms with Crippen molar-refractivity contribution in [1.82, 2.24) is 20.3 Å². The maximum absolute atomic E-state index is 12.9. The van der Waals surface area contributed by atoms with Crippen LogP contribution in [0.15, 0.2) is 23.5 Å². The van der Waals surface area contributed by atoms with Crippen molar-refractivity contribution >= 4 is 44.5 Å². The molecule has 0 bridgehead atoms. The van der Waals surface area contributed by atoms with Crippen LogP contribution in [0.1, 0.15) is 49.1 Å². The van der Waals surface area contributed by atoms with E-state index in [4.69, 9.17) is 4.74 Å². The lowest BCUT2D eigenvalue weighted by Gasteiger charge is -2.22. The lowest BCUT2D eigenvalue weighted by molar-refractivity contribution is -0.125. The fourth-order valence-electron chi connectivity index (χ4n) is 4.96. The minimum atomic E-state index is -3.04. The lowest BCUT2D eigenvalue weighted by Crippen LogP contribution is -2.35. The summed E-state index contributed by atoms with van der Waals surface area (Å²) in [7, 11) is -3.04. The average Bonchev–Trinajstić information content (AvgIpc) is 3.44. The molecule has 1 amide bonds. The Labute approximate surface area is 216 Å². The van der Waals surface area contributed by atoms with E-state index in [1.165, 1.54) is 12.6 Å². The van der Waals surface area contributed by atoms with Crippen LogP contribution in [0.2, 0.25) is 0 Å². The second-order valence-electron chi connectivity index (χ2n) is 10.1. The summed E-state index contributed by atoms with van der Waals surface area (Å²) >= 11 is 0. The minimum Gasteiger partial charge on any atom is -0.489 e. The summed E-state index contributed by atoms with van der Waals surface area (Å²) in [6.07, 6.45) is 7.00. The highest BCUT2D eigenvalue weighted by atomic mass is 32.2. The molecule has 0 saturated heterocycles. The zero-order valence-corrected chi connectivity index (χ0v) is 22.1. The molecule has 196 valence electrons. The van der Waals surface area contributed by atoms with E-state index in [-0.39, 0.29) is 23.7 Å². The number of nitrogens with one attached hydrogen (secondary N) is 3. The Kier molecular flexibility index (Phi) is 6.89. The number of aromatic amines is 1. The van der Waals surface area contributed by atoms with E-state index in [9.17, 15) is 13.2 Å². The first-order valence-corrected chi connectivity index (χ1v) is 14.6. The normalized spacial score (nSPS) is 16.6. The van der Waals surface area contributed by atoms with Crippen molar-refractivity contribution in [2.24, 2.45) is 10.9 Å². The third-order valence-electron chi connectivity index (χ3n) is 6.69. The number of nitrogens with zero attached hydrogens (tertiary/aromatic N) is 3. The Morgan fingerprint density at radius 2 is 2.11 bits per heavy atom. The Morgan fingerprint density at radius 3 is 2.89 bits per heavy atom. The van der Waals surface area contributed by atoms with Gasteiger partial charge in [-0.15, -0.1) is 0 Å². The van der Waals surface area contributed by atoms with E-state index in [2.05, 4.69) is 30.6 Å². The third-order valence-corrected chi connectivity index (χ3v) is 7.72. The molecule has 3 heterocycles. The Morgan fingerprint density at radius 1 is 1.27 bits per heavy atom. The highest BCUT2D eigenvalue weighted by molar-refractivity contribution is 7.90. The van der Waals surface area contributed by atoms with Gasteiger partial charge in [-0.25, -0.2) is 18.4 Å². The van der Waals surface area contributed by atoms with Crippen molar-refractivity contribution in [1.29, 1.82) is 0 Å². The van der Waals surface area contributed by atoms with Gasteiger partial charge < -0.3 is 20.4 Å². The lowest BCUT2D eigenvalue weighted by atomic mass is 9.86. The van der Waals surface area contributed by atoms with Gasteiger partial charge in [0.15, 0.2) is 0 Å². The number of aromatic nitrogens is 3. The van der Waals surface area contributed by atoms with Gasteiger partial charge in [0.25, 0.3) is 0 Å². The maximum atomic E-state index is 12.9. The van der Waals surface area contributed by atoms with Crippen molar-refractivity contribution in [3.8, 4) is 5.75 Å². The van der Waals surface area contributed by atoms with E-state index < -0.39 is 9.84 Å². The molecule has 3 aromatic rings. The molecule has 0 saturated carbocycles. The molecule has 11 heteroatoms. The predicted octanol–water partition coefficient (Wildman–Crippen LogP) is 3.08. The second-order valence-corrected chi connectivity index (χ2v) is 12.3. The van der Waals surface area contributed by atoms with Crippen molar-refractivity contribution in [2.45, 2.75) is 52.2 Å². The third kappa shape index (κ3) is 5.61. The van der Waals surface area contributed by atoms with E-state index >= 15 is 0 Å². The number of benzene rings is 1. The molecule has 1 atom stereocenters. The van der Waals surface area contributed by atoms with Gasteiger partial charge in [0, 0.05) is 30.6 Å². The minimum absolute atomic E-state index is 0.00284. The summed E-state index contributed by atoms with van der Waals surface area (Å²) in [4.78, 5) is 29.7. The van der Waals surface area contributed by atoms with Gasteiger partial charge in [-0.3, -0.25) is 9.79 Å². The van der Waals surface area contributed by atoms with E-state index in [1.54, 1.807) is 0 Å². The number of anilines is 2. The van der Waals surface area contributed by atoms with E-state index in [1.807, 2.05) is 32.2 Å². The van der Waals surface area contributed by atoms with Crippen LogP contribution in [0.25, 0.3) is 11.0 Å². The average molecular weight is 525 g/mol. The standard InChI is InChI=1S/C26H32N6O4S/c1-15(2)36-22-11-18-13-27-12-17(18)10-21(22)32-25-23-19-9-16(26(33)28-7-4-8-37(3,34)35)5-6-20(19)31-24(23)29-14-30-25/h10-12,14-16H,4-9,13H2,1-3H3,(H,28,33)(H2,29,30,31,32). The van der Waals surface area contributed by atoms with Crippen LogP contribution < -0.4 is 15.4 Å². The largest absolute Gasteiger partial charge is 0.489 e. The summed E-state index contributed by atoms with van der Waals surface area (Å²) in [5.41, 5.74) is 5.80. The molecular formula is C26H32N6O4S. The molecule has 1 unspecified atom stereocenters. The molecule has 0 radical (unpaired) electrons. The quantitative estimate of drug-likeness (QED) is 0.366. The first-order chi connectivity index (χ1) is 17.7. The van der Waals surface area contributed by atoms with Crippen molar-refractivity contribution in [3.05, 3.63) is 40.8 Å². The predicted molar refractivity (Wildman–Crippen MR) is 144 cm³/mol. The van der Waals surface area contributed by atoms with Crippen LogP contribution in [0, 0.1) is 5.92 Å². The first kappa shape index (κ1) is 25.2. The molecule has 3 N–H and O–H groups in total. The Bertz CT molecular complexity index is 1480. The van der Waals surface area contributed by atoms with Crippen LogP contribution in [0.3, 0.4) is 0 Å². The fourth-order valence-corrected chi connectivity index (χ4v) is 5.63. The van der Waals surface area contributed by atoms with Crippen LogP contribution in [-0.4, -0.2) is 60.1 Å². The summed E-state index contributed by atoms with van der Waals surface area (Å²) < 4.78 is 28.8. The first-order valence-electron chi connectivity index (χ1n) is 12.6. The molecule has 37 heavy (non-hydrogen) atoms. The summed E-state index contributed by atoms with van der Waals surface area (Å²) in [6.45, 7) is 4.97. The number of rotatable bonds is 9. The number of hydrogen-bond acceptors (Lipinski definition) is 8. The summed E-state index contributed by atoms with van der Waals surface area (Å²) in [5, 5.41) is 7.25. The van der Waals surface area contributed by atoms with Crippen molar-refractivity contribution in [3.63, 3.8) is 0 Å². The SMILES string of the molecule is CC(C)Oc1cc2c(cc1Nc1ncnc3[nH]c4c(c13)CC(C(=O)NCCCS(C)(=O)=O)CC4)C=NC2. The smallest absolute Gasteiger partial charge is 0.223 e. The van der Waals surface area contributed by atoms with Crippen LogP contribution in [-0.2, 0) is 34.0 Å². The summed E-state index contributed by atoms with van der Waals surface area (Å²) in [5.74, 6) is 1.20. The number of carbonyl (C=O) groups is 1. The molecule has 10 nitrogen and oxygen atoms in total. The van der Waals surface area contributed by atoms with E-state index in [0.717, 1.165) is 51.3 Å². The molecule has 1 aliphatic carbocycles. The summed E-state index contributed by atoms with van der Waals surface area (Å²) in [6, 6.07) is 4.06. The fraction of sp³-hybridized carbons (Fsp3) is 0.462. The van der Waals surface area contributed by atoms with Crippen LogP contribution >= 0.6 is 0 Å². The number of ether oxygens (including phenoxy) is 1. The number of carbonyl (C=O) groups excluding carboxylic acids is 1. The molecular weight excluding hydrogens is 492 g/mol. The zero-order valence-electron chi connectivity index (χ0n) is 21.3. The Hall–Kier alpha value is -3.47. The van der Waals surface area contributed by atoms with E-state index in [0.29, 0.717) is 38.2 Å². The van der Waals surface area contributed by atoms with Gasteiger partial charge in [0.2, 0.25) is 5.91 Å². The van der Waals surface area contributed by atoms with Crippen LogP contribution in [0.5, 0.6) is 5.75 Å². The van der Waals surface area contributed by atoms with Crippen LogP contribution in [0.4, 0.5) is 11.5 Å². The molecule has 2 aromatic heterocycles. The molecule has 1 aromatic carbocycles. The van der Waals surface area contributed by atoms with Crippen molar-refractivity contribution < 1.29 is 17.9 Å². The number of amides is 1. The van der Waals surface area contributed by atoms with Gasteiger partial charge in [0.05, 0.1) is 29.5 Å². The van der Waals surface area contributed by atoms with Gasteiger partial charge >= 0.3 is 0 Å². The number of sulfone groups is 1. The zero-order chi connectivity index (χ0) is 26.2. The number of aliphatic imine (C=N–C) groups is 1. The topological polar surface area (TPSA) is 138 Å². The van der Waals surface area contributed by atoms with Gasteiger partial charge in [0.1, 0.15) is 33.4 Å². The Balaban J connectivity index is 1.40. The molecule has 0 fully saturated rings. The van der Waals surface area contributed by atoms with Gasteiger partial charge in [-0.2, -0.15) is 0 Å². The number of hydrogen-bond donors (Lipinski definition) is 3. The van der Waals surface area contributed by atoms with Gasteiger partial charge in [-0.05, 0) is 68.4 Å². The molecule has 5 rings (SSSR count). The maximum Gasteiger partial charge on any atom is 0.223 e. The second kappa shape index (κ2) is 10.1. The molecule has 1 aliphatic heterocycles. The molecule has 0 spiro atoms. The molecule has 2 aliphatic rings. The highest BCUT2D eigenvalue weighted by Crippen LogP contribution is 2.38. The number of H-pyrrole nitrogens is 1. The number of fused-ring (bicyclic) bond motifs is 4.